The molecule has 1 N–H and O–H groups in total. The fraction of sp³-hybridized carbons (Fsp3) is 0.211. The van der Waals surface area contributed by atoms with Gasteiger partial charge in [-0.1, -0.05) is 42.1 Å². The number of carbonyl (C=O) groups excluding carboxylic acids is 1. The Hall–Kier alpha value is -2.80. The number of aromatic nitrogens is 2. The zero-order chi connectivity index (χ0) is 18.2. The van der Waals surface area contributed by atoms with Crippen molar-refractivity contribution in [2.75, 3.05) is 17.7 Å². The summed E-state index contributed by atoms with van der Waals surface area (Å²) in [6.45, 7) is 2.48. The Morgan fingerprint density at radius 1 is 1.12 bits per heavy atom. The number of thioether (sulfide) groups is 1. The van der Waals surface area contributed by atoms with Crippen molar-refractivity contribution in [3.63, 3.8) is 0 Å². The fourth-order valence-electron chi connectivity index (χ4n) is 2.28. The predicted molar refractivity (Wildman–Crippen MR) is 101 cm³/mol. The molecule has 3 aromatic rings. The minimum Gasteiger partial charge on any atom is -0.493 e. The number of nitrogens with one attached hydrogen (secondary N) is 1. The Morgan fingerprint density at radius 3 is 2.69 bits per heavy atom. The number of rotatable bonds is 8. The highest BCUT2D eigenvalue weighted by Gasteiger charge is 2.14. The number of hydrogen-bond acceptors (Lipinski definition) is 6. The molecule has 0 saturated heterocycles. The van der Waals surface area contributed by atoms with Gasteiger partial charge in [-0.25, -0.2) is 0 Å². The summed E-state index contributed by atoms with van der Waals surface area (Å²) in [6.07, 6.45) is 0.354. The number of anilines is 1. The largest absolute Gasteiger partial charge is 0.493 e. The van der Waals surface area contributed by atoms with Crippen molar-refractivity contribution < 1.29 is 13.9 Å². The van der Waals surface area contributed by atoms with Gasteiger partial charge in [-0.15, -0.1) is 10.2 Å². The van der Waals surface area contributed by atoms with E-state index in [1.165, 1.54) is 11.8 Å². The Balaban J connectivity index is 1.54. The van der Waals surface area contributed by atoms with Gasteiger partial charge in [0.2, 0.25) is 5.91 Å². The zero-order valence-corrected chi connectivity index (χ0v) is 15.2. The molecule has 6 nitrogen and oxygen atoms in total. The van der Waals surface area contributed by atoms with Crippen molar-refractivity contribution in [1.82, 2.24) is 10.2 Å². The highest BCUT2D eigenvalue weighted by Crippen LogP contribution is 2.30. The third-order valence-electron chi connectivity index (χ3n) is 3.44. The summed E-state index contributed by atoms with van der Waals surface area (Å²) >= 11 is 1.35. The average molecular weight is 369 g/mol. The van der Waals surface area contributed by atoms with E-state index in [9.17, 15) is 4.79 Å². The van der Waals surface area contributed by atoms with Gasteiger partial charge in [0.15, 0.2) is 0 Å². The van der Waals surface area contributed by atoms with Crippen LogP contribution in [0.2, 0.25) is 0 Å². The van der Waals surface area contributed by atoms with Gasteiger partial charge in [-0.3, -0.25) is 4.79 Å². The van der Waals surface area contributed by atoms with Crippen LogP contribution in [0.3, 0.4) is 0 Å². The van der Waals surface area contributed by atoms with E-state index in [4.69, 9.17) is 9.15 Å². The van der Waals surface area contributed by atoms with E-state index >= 15 is 0 Å². The monoisotopic (exact) mass is 369 g/mol. The quantitative estimate of drug-likeness (QED) is 0.598. The Labute approximate surface area is 156 Å². The Bertz CT molecular complexity index is 852. The van der Waals surface area contributed by atoms with Gasteiger partial charge in [0.25, 0.3) is 11.1 Å². The molecule has 134 valence electrons. The maximum absolute atomic E-state index is 11.9. The molecule has 0 radical (unpaired) electrons. The molecule has 0 aliphatic carbocycles. The maximum Gasteiger partial charge on any atom is 0.276 e. The molecule has 2 aromatic carbocycles. The van der Waals surface area contributed by atoms with Gasteiger partial charge < -0.3 is 14.5 Å². The van der Waals surface area contributed by atoms with Gasteiger partial charge in [0.1, 0.15) is 5.75 Å². The van der Waals surface area contributed by atoms with Crippen LogP contribution >= 0.6 is 11.8 Å². The van der Waals surface area contributed by atoms with Gasteiger partial charge in [-0.2, -0.15) is 0 Å². The molecule has 0 bridgehead atoms. The van der Waals surface area contributed by atoms with E-state index in [1.54, 1.807) is 0 Å². The molecule has 1 heterocycles. The highest BCUT2D eigenvalue weighted by atomic mass is 32.2. The predicted octanol–water partition coefficient (Wildman–Crippen LogP) is 4.26. The summed E-state index contributed by atoms with van der Waals surface area (Å²) in [5.41, 5.74) is 1.55. The van der Waals surface area contributed by atoms with Crippen LogP contribution in [0.15, 0.2) is 64.2 Å². The zero-order valence-electron chi connectivity index (χ0n) is 14.3. The van der Waals surface area contributed by atoms with E-state index in [0.29, 0.717) is 35.6 Å². The van der Waals surface area contributed by atoms with Crippen LogP contribution in [0.5, 0.6) is 5.75 Å². The first-order chi connectivity index (χ1) is 12.8. The van der Waals surface area contributed by atoms with Crippen molar-refractivity contribution >= 4 is 23.4 Å². The molecule has 0 unspecified atom stereocenters. The Morgan fingerprint density at radius 2 is 1.88 bits per heavy atom. The lowest BCUT2D eigenvalue weighted by Crippen LogP contribution is -2.11. The van der Waals surface area contributed by atoms with E-state index in [1.807, 2.05) is 61.5 Å². The second-order valence-electron chi connectivity index (χ2n) is 5.31. The van der Waals surface area contributed by atoms with Gasteiger partial charge in [0.05, 0.1) is 12.2 Å². The lowest BCUT2D eigenvalue weighted by Gasteiger charge is -2.06. The van der Waals surface area contributed by atoms with Crippen molar-refractivity contribution in [3.05, 3.63) is 54.6 Å². The first-order valence-corrected chi connectivity index (χ1v) is 9.28. The lowest BCUT2D eigenvalue weighted by atomic mass is 10.2. The number of nitrogens with zero attached hydrogens (tertiary/aromatic N) is 2. The first-order valence-electron chi connectivity index (χ1n) is 8.29. The van der Waals surface area contributed by atoms with Crippen molar-refractivity contribution in [2.45, 2.75) is 18.6 Å². The molecule has 7 heteroatoms. The topological polar surface area (TPSA) is 77.2 Å². The first kappa shape index (κ1) is 18.0. The van der Waals surface area contributed by atoms with Crippen LogP contribution in [0.4, 0.5) is 5.69 Å². The number of amides is 1. The molecular weight excluding hydrogens is 350 g/mol. The van der Waals surface area contributed by atoms with E-state index in [0.717, 1.165) is 11.3 Å². The van der Waals surface area contributed by atoms with Crippen LogP contribution in [-0.4, -0.2) is 28.5 Å². The standard InChI is InChI=1S/C19H19N3O3S/c1-2-24-16-11-7-6-10-15(16)18-21-22-19(25-18)26-13-12-17(23)20-14-8-4-3-5-9-14/h3-11H,2,12-13H2,1H3,(H,20,23). The van der Waals surface area contributed by atoms with E-state index < -0.39 is 0 Å². The van der Waals surface area contributed by atoms with Crippen LogP contribution in [0, 0.1) is 0 Å². The lowest BCUT2D eigenvalue weighted by molar-refractivity contribution is -0.115. The van der Waals surface area contributed by atoms with Crippen molar-refractivity contribution in [3.8, 4) is 17.2 Å². The number of benzene rings is 2. The smallest absolute Gasteiger partial charge is 0.276 e. The maximum atomic E-state index is 11.9. The molecule has 26 heavy (non-hydrogen) atoms. The molecule has 0 atom stereocenters. The van der Waals surface area contributed by atoms with Crippen molar-refractivity contribution in [1.29, 1.82) is 0 Å². The molecule has 3 rings (SSSR count). The van der Waals surface area contributed by atoms with Crippen LogP contribution in [0.25, 0.3) is 11.5 Å². The second kappa shape index (κ2) is 9.05. The minimum absolute atomic E-state index is 0.0508. The highest BCUT2D eigenvalue weighted by molar-refractivity contribution is 7.99. The number of ether oxygens (including phenoxy) is 1. The average Bonchev–Trinajstić information content (AvgIpc) is 3.12. The number of carbonyl (C=O) groups is 1. The fourth-order valence-corrected chi connectivity index (χ4v) is 2.98. The number of para-hydroxylation sites is 2. The molecular formula is C19H19N3O3S. The number of hydrogen-bond donors (Lipinski definition) is 1. The van der Waals surface area contributed by atoms with Gasteiger partial charge in [0, 0.05) is 17.9 Å². The van der Waals surface area contributed by atoms with Crippen LogP contribution < -0.4 is 10.1 Å². The molecule has 1 amide bonds. The van der Waals surface area contributed by atoms with Gasteiger partial charge >= 0.3 is 0 Å². The summed E-state index contributed by atoms with van der Waals surface area (Å²) in [4.78, 5) is 11.9. The molecule has 0 spiro atoms. The van der Waals surface area contributed by atoms with Gasteiger partial charge in [-0.05, 0) is 31.2 Å². The van der Waals surface area contributed by atoms with Crippen molar-refractivity contribution in [2.24, 2.45) is 0 Å². The second-order valence-corrected chi connectivity index (χ2v) is 6.36. The summed E-state index contributed by atoms with van der Waals surface area (Å²) in [6, 6.07) is 16.9. The third kappa shape index (κ3) is 4.86. The van der Waals surface area contributed by atoms with Crippen LogP contribution in [-0.2, 0) is 4.79 Å². The Kier molecular flexibility index (Phi) is 6.27. The molecule has 0 aliphatic heterocycles. The summed E-state index contributed by atoms with van der Waals surface area (Å²) < 4.78 is 11.3. The third-order valence-corrected chi connectivity index (χ3v) is 4.26. The molecule has 1 aromatic heterocycles. The SMILES string of the molecule is CCOc1ccccc1-c1nnc(SCCC(=O)Nc2ccccc2)o1. The summed E-state index contributed by atoms with van der Waals surface area (Å²) in [5.74, 6) is 1.61. The summed E-state index contributed by atoms with van der Waals surface area (Å²) in [5, 5.41) is 11.4. The van der Waals surface area contributed by atoms with E-state index in [-0.39, 0.29) is 5.91 Å². The molecule has 0 fully saturated rings. The minimum atomic E-state index is -0.0508. The van der Waals surface area contributed by atoms with E-state index in [2.05, 4.69) is 15.5 Å². The normalized spacial score (nSPS) is 10.5. The van der Waals surface area contributed by atoms with Crippen LogP contribution in [0.1, 0.15) is 13.3 Å². The molecule has 0 saturated carbocycles. The summed E-state index contributed by atoms with van der Waals surface area (Å²) in [7, 11) is 0. The molecule has 0 aliphatic rings.